The van der Waals surface area contributed by atoms with Gasteiger partial charge in [0.15, 0.2) is 0 Å². The maximum atomic E-state index is 13.1. The minimum absolute atomic E-state index is 0.262. The van der Waals surface area contributed by atoms with E-state index in [1.54, 1.807) is 26.8 Å². The number of aromatic amines is 1. The second kappa shape index (κ2) is 9.64. The summed E-state index contributed by atoms with van der Waals surface area (Å²) in [7, 11) is -8.75. The molecule has 1 aliphatic heterocycles. The molecule has 2 aromatic carbocycles. The zero-order chi connectivity index (χ0) is 28.0. The van der Waals surface area contributed by atoms with Crippen molar-refractivity contribution in [1.82, 2.24) is 9.78 Å². The first-order chi connectivity index (χ1) is 17.7. The topological polar surface area (TPSA) is 179 Å². The predicted molar refractivity (Wildman–Crippen MR) is 140 cm³/mol. The molecule has 4 rings (SSSR count). The summed E-state index contributed by atoms with van der Waals surface area (Å²) >= 11 is 0. The standard InChI is InChI=1S/C24H22N4O8S2/c1-14(22-16(3)26-28(24(22)30)18-7-11-20(12-8-18)38(34,35)36)4-13-21-15(2)25-27(23(21)29)17-5-9-19(10-6-17)37(31,32)33/h4-13,26H,1-3H3,(H,31,32,33)(H,34,35,36)/b14-4+,21-13-. The van der Waals surface area contributed by atoms with Gasteiger partial charge >= 0.3 is 0 Å². The van der Waals surface area contributed by atoms with E-state index in [0.717, 1.165) is 17.1 Å². The second-order valence-corrected chi connectivity index (χ2v) is 11.3. The van der Waals surface area contributed by atoms with Crippen LogP contribution in [-0.2, 0) is 25.0 Å². The van der Waals surface area contributed by atoms with Crippen molar-refractivity contribution in [3.05, 3.63) is 87.9 Å². The summed E-state index contributed by atoms with van der Waals surface area (Å²) in [6.07, 6.45) is 3.13. The third-order valence-corrected chi connectivity index (χ3v) is 7.54. The molecule has 0 saturated carbocycles. The van der Waals surface area contributed by atoms with Crippen LogP contribution in [0.3, 0.4) is 0 Å². The molecule has 1 amide bonds. The molecule has 198 valence electrons. The van der Waals surface area contributed by atoms with Gasteiger partial charge in [-0.3, -0.25) is 23.8 Å². The summed E-state index contributed by atoms with van der Waals surface area (Å²) in [5.74, 6) is -0.465. The van der Waals surface area contributed by atoms with Crippen molar-refractivity contribution >= 4 is 43.1 Å². The number of hydrazone groups is 1. The van der Waals surface area contributed by atoms with Gasteiger partial charge in [-0.05, 0) is 81.0 Å². The molecular formula is C24H22N4O8S2. The fourth-order valence-corrected chi connectivity index (χ4v) is 4.86. The molecule has 0 saturated heterocycles. The first-order valence-electron chi connectivity index (χ1n) is 10.9. The molecule has 0 spiro atoms. The number of benzene rings is 2. The lowest BCUT2D eigenvalue weighted by molar-refractivity contribution is -0.114. The highest BCUT2D eigenvalue weighted by Crippen LogP contribution is 2.26. The Morgan fingerprint density at radius 2 is 1.37 bits per heavy atom. The van der Waals surface area contributed by atoms with E-state index in [0.29, 0.717) is 33.9 Å². The number of aryl methyl sites for hydroxylation is 1. The van der Waals surface area contributed by atoms with Crippen LogP contribution in [-0.4, -0.2) is 47.3 Å². The van der Waals surface area contributed by atoms with Gasteiger partial charge in [-0.1, -0.05) is 6.08 Å². The van der Waals surface area contributed by atoms with Crippen molar-refractivity contribution in [3.63, 3.8) is 0 Å². The number of hydrogen-bond donors (Lipinski definition) is 3. The van der Waals surface area contributed by atoms with Crippen LogP contribution in [0.1, 0.15) is 25.1 Å². The lowest BCUT2D eigenvalue weighted by Crippen LogP contribution is -2.21. The van der Waals surface area contributed by atoms with Crippen LogP contribution in [0.25, 0.3) is 11.3 Å². The number of rotatable bonds is 6. The van der Waals surface area contributed by atoms with Crippen LogP contribution in [0.4, 0.5) is 5.69 Å². The number of carbonyl (C=O) groups is 1. The van der Waals surface area contributed by atoms with Gasteiger partial charge in [-0.2, -0.15) is 26.9 Å². The molecule has 12 nitrogen and oxygen atoms in total. The first-order valence-corrected chi connectivity index (χ1v) is 13.8. The van der Waals surface area contributed by atoms with E-state index in [9.17, 15) is 26.4 Å². The molecular weight excluding hydrogens is 536 g/mol. The fourth-order valence-electron chi connectivity index (χ4n) is 3.90. The molecule has 0 fully saturated rings. The predicted octanol–water partition coefficient (Wildman–Crippen LogP) is 2.72. The van der Waals surface area contributed by atoms with Crippen LogP contribution in [0, 0.1) is 6.92 Å². The van der Waals surface area contributed by atoms with E-state index in [2.05, 4.69) is 10.2 Å². The summed E-state index contributed by atoms with van der Waals surface area (Å²) < 4.78 is 64.6. The second-order valence-electron chi connectivity index (χ2n) is 8.42. The number of anilines is 1. The van der Waals surface area contributed by atoms with E-state index < -0.39 is 31.7 Å². The highest BCUT2D eigenvalue weighted by molar-refractivity contribution is 7.86. The molecule has 0 radical (unpaired) electrons. The Labute approximate surface area is 217 Å². The number of H-pyrrole nitrogens is 1. The summed E-state index contributed by atoms with van der Waals surface area (Å²) in [6.45, 7) is 5.01. The summed E-state index contributed by atoms with van der Waals surface area (Å²) in [6, 6.07) is 10.1. The lowest BCUT2D eigenvalue weighted by atomic mass is 10.1. The van der Waals surface area contributed by atoms with Crippen LogP contribution in [0.5, 0.6) is 0 Å². The van der Waals surface area contributed by atoms with Gasteiger partial charge in [-0.15, -0.1) is 0 Å². The van der Waals surface area contributed by atoms with Gasteiger partial charge in [0.25, 0.3) is 31.7 Å². The molecule has 38 heavy (non-hydrogen) atoms. The molecule has 1 aliphatic rings. The zero-order valence-electron chi connectivity index (χ0n) is 20.3. The number of allylic oxidation sites excluding steroid dienone is 3. The Balaban J connectivity index is 1.62. The van der Waals surface area contributed by atoms with Crippen LogP contribution < -0.4 is 10.6 Å². The minimum Gasteiger partial charge on any atom is -0.295 e. The molecule has 3 aromatic rings. The highest BCUT2D eigenvalue weighted by atomic mass is 32.2. The van der Waals surface area contributed by atoms with Gasteiger partial charge in [0.1, 0.15) is 0 Å². The first kappa shape index (κ1) is 26.9. The summed E-state index contributed by atoms with van der Waals surface area (Å²) in [4.78, 5) is 25.5. The van der Waals surface area contributed by atoms with Crippen molar-refractivity contribution in [2.75, 3.05) is 5.01 Å². The average molecular weight is 559 g/mol. The maximum Gasteiger partial charge on any atom is 0.294 e. The van der Waals surface area contributed by atoms with Gasteiger partial charge in [-0.25, -0.2) is 4.68 Å². The molecule has 3 N–H and O–H groups in total. The van der Waals surface area contributed by atoms with E-state index in [4.69, 9.17) is 9.11 Å². The van der Waals surface area contributed by atoms with Crippen molar-refractivity contribution in [2.45, 2.75) is 30.6 Å². The SMILES string of the molecule is CC1=NN(c2ccc(S(=O)(=O)O)cc2)C(=O)/C1=C\C=C(/C)c1c(C)[nH]n(-c2ccc(S(=O)(=O)O)cc2)c1=O. The number of hydrogen-bond acceptors (Lipinski definition) is 7. The third-order valence-electron chi connectivity index (χ3n) is 5.80. The van der Waals surface area contributed by atoms with Gasteiger partial charge in [0.2, 0.25) is 0 Å². The molecule has 1 aromatic heterocycles. The van der Waals surface area contributed by atoms with Gasteiger partial charge in [0.05, 0.1) is 38.0 Å². The quantitative estimate of drug-likeness (QED) is 0.305. The normalized spacial score (nSPS) is 15.9. The molecule has 2 heterocycles. The number of nitrogens with zero attached hydrogens (tertiary/aromatic N) is 3. The molecule has 0 atom stereocenters. The van der Waals surface area contributed by atoms with Crippen LogP contribution >= 0.6 is 0 Å². The summed E-state index contributed by atoms with van der Waals surface area (Å²) in [5, 5.41) is 8.25. The zero-order valence-corrected chi connectivity index (χ0v) is 21.9. The largest absolute Gasteiger partial charge is 0.295 e. The van der Waals surface area contributed by atoms with Gasteiger partial charge < -0.3 is 0 Å². The fraction of sp³-hybridized carbons (Fsp3) is 0.125. The van der Waals surface area contributed by atoms with Crippen LogP contribution in [0.2, 0.25) is 0 Å². The smallest absolute Gasteiger partial charge is 0.294 e. The Hall–Kier alpha value is -4.11. The number of amides is 1. The van der Waals surface area contributed by atoms with E-state index in [-0.39, 0.29) is 15.4 Å². The maximum absolute atomic E-state index is 13.1. The monoisotopic (exact) mass is 558 g/mol. The highest BCUT2D eigenvalue weighted by Gasteiger charge is 2.28. The molecule has 14 heteroatoms. The van der Waals surface area contributed by atoms with Crippen LogP contribution in [0.15, 0.2) is 85.9 Å². The molecule has 0 unspecified atom stereocenters. The number of aromatic nitrogens is 2. The Morgan fingerprint density at radius 1 is 0.868 bits per heavy atom. The van der Waals surface area contributed by atoms with Crippen molar-refractivity contribution < 1.29 is 30.7 Å². The Bertz CT molecular complexity index is 1810. The minimum atomic E-state index is -4.38. The molecule has 0 aliphatic carbocycles. The Kier molecular flexibility index (Phi) is 6.84. The van der Waals surface area contributed by atoms with E-state index in [1.807, 2.05) is 0 Å². The van der Waals surface area contributed by atoms with Crippen molar-refractivity contribution in [3.8, 4) is 5.69 Å². The average Bonchev–Trinajstić information content (AvgIpc) is 3.30. The molecule has 0 bridgehead atoms. The van der Waals surface area contributed by atoms with Crippen molar-refractivity contribution in [2.24, 2.45) is 5.10 Å². The summed E-state index contributed by atoms with van der Waals surface area (Å²) in [5.41, 5.74) is 2.34. The Morgan fingerprint density at radius 3 is 1.87 bits per heavy atom. The van der Waals surface area contributed by atoms with E-state index >= 15 is 0 Å². The van der Waals surface area contributed by atoms with E-state index in [1.165, 1.54) is 47.2 Å². The lowest BCUT2D eigenvalue weighted by Gasteiger charge is -2.11. The number of carbonyl (C=O) groups excluding carboxylic acids is 1. The third kappa shape index (κ3) is 5.15. The van der Waals surface area contributed by atoms with Gasteiger partial charge in [0, 0.05) is 5.69 Å². The number of nitrogens with one attached hydrogen (secondary N) is 1. The van der Waals surface area contributed by atoms with Crippen molar-refractivity contribution in [1.29, 1.82) is 0 Å².